The number of halogens is 2. The molecule has 6 nitrogen and oxygen atoms in total. The second-order valence-electron chi connectivity index (χ2n) is 5.24. The van der Waals surface area contributed by atoms with Crippen molar-refractivity contribution in [1.82, 2.24) is 9.97 Å². The number of aromatic nitrogens is 2. The van der Waals surface area contributed by atoms with Crippen molar-refractivity contribution >= 4 is 43.9 Å². The monoisotopic (exact) mass is 381 g/mol. The van der Waals surface area contributed by atoms with Crippen molar-refractivity contribution in [3.8, 4) is 0 Å². The first-order valence-corrected chi connectivity index (χ1v) is 8.93. The lowest BCUT2D eigenvalue weighted by Gasteiger charge is -2.08. The number of hydrogen-bond donors (Lipinski definition) is 3. The van der Waals surface area contributed by atoms with Crippen LogP contribution in [0.1, 0.15) is 5.69 Å². The number of nitrogens with one attached hydrogen (secondary N) is 2. The van der Waals surface area contributed by atoms with Crippen LogP contribution in [0.25, 0.3) is 16.6 Å². The molecule has 0 aliphatic carbocycles. The van der Waals surface area contributed by atoms with Gasteiger partial charge in [0.1, 0.15) is 16.4 Å². The molecule has 0 amide bonds. The molecule has 25 heavy (non-hydrogen) atoms. The zero-order valence-corrected chi connectivity index (χ0v) is 14.3. The summed E-state index contributed by atoms with van der Waals surface area (Å²) in [5.74, 6) is -0.782. The molecule has 0 spiro atoms. The van der Waals surface area contributed by atoms with Gasteiger partial charge in [0.25, 0.3) is 10.0 Å². The number of aliphatic hydroxyl groups excluding tert-OH is 1. The number of anilines is 1. The molecule has 2 heterocycles. The van der Waals surface area contributed by atoms with E-state index in [0.29, 0.717) is 22.3 Å². The van der Waals surface area contributed by atoms with Gasteiger partial charge in [-0.05, 0) is 35.9 Å². The number of H-pyrrole nitrogens is 1. The third-order valence-corrected chi connectivity index (χ3v) is 5.16. The fourth-order valence-corrected chi connectivity index (χ4v) is 3.64. The van der Waals surface area contributed by atoms with Gasteiger partial charge in [0.05, 0.1) is 18.0 Å². The summed E-state index contributed by atoms with van der Waals surface area (Å²) in [5, 5.41) is 9.59. The molecule has 0 radical (unpaired) electrons. The van der Waals surface area contributed by atoms with E-state index in [2.05, 4.69) is 21.3 Å². The minimum atomic E-state index is -4.05. The summed E-state index contributed by atoms with van der Waals surface area (Å²) in [4.78, 5) is 6.89. The van der Waals surface area contributed by atoms with Crippen LogP contribution in [0.4, 0.5) is 10.1 Å². The molecule has 0 bridgehead atoms. The summed E-state index contributed by atoms with van der Waals surface area (Å²) in [6.45, 7) is 3.41. The van der Waals surface area contributed by atoms with E-state index in [1.807, 2.05) is 0 Å². The number of aromatic amines is 1. The summed E-state index contributed by atoms with van der Waals surface area (Å²) in [6, 6.07) is 6.74. The number of sulfonamides is 1. The SMILES string of the molecule is C=C(CO)c1ccc2c(S(=O)(=O)Nc3ccc(Cl)cc3F)c[nH]c2n1. The maximum absolute atomic E-state index is 13.9. The van der Waals surface area contributed by atoms with Crippen LogP contribution in [-0.2, 0) is 10.0 Å². The van der Waals surface area contributed by atoms with Gasteiger partial charge in [0.2, 0.25) is 0 Å². The van der Waals surface area contributed by atoms with E-state index < -0.39 is 15.8 Å². The van der Waals surface area contributed by atoms with Gasteiger partial charge in [-0.1, -0.05) is 18.2 Å². The van der Waals surface area contributed by atoms with E-state index in [1.54, 1.807) is 12.1 Å². The molecule has 0 aliphatic heterocycles. The van der Waals surface area contributed by atoms with Crippen molar-refractivity contribution in [1.29, 1.82) is 0 Å². The maximum Gasteiger partial charge on any atom is 0.264 e. The molecule has 0 fully saturated rings. The van der Waals surface area contributed by atoms with E-state index in [4.69, 9.17) is 16.7 Å². The van der Waals surface area contributed by atoms with Crippen molar-refractivity contribution in [2.75, 3.05) is 11.3 Å². The van der Waals surface area contributed by atoms with Crippen molar-refractivity contribution in [3.63, 3.8) is 0 Å². The van der Waals surface area contributed by atoms with E-state index in [0.717, 1.165) is 6.07 Å². The van der Waals surface area contributed by atoms with Crippen LogP contribution in [0, 0.1) is 5.82 Å². The van der Waals surface area contributed by atoms with E-state index >= 15 is 0 Å². The van der Waals surface area contributed by atoms with Gasteiger partial charge in [0, 0.05) is 16.6 Å². The third-order valence-electron chi connectivity index (χ3n) is 3.52. The lowest BCUT2D eigenvalue weighted by molar-refractivity contribution is 0.350. The topological polar surface area (TPSA) is 95.1 Å². The highest BCUT2D eigenvalue weighted by Gasteiger charge is 2.21. The molecule has 0 unspecified atom stereocenters. The maximum atomic E-state index is 13.9. The third kappa shape index (κ3) is 3.37. The highest BCUT2D eigenvalue weighted by atomic mass is 35.5. The van der Waals surface area contributed by atoms with Crippen LogP contribution in [-0.4, -0.2) is 30.1 Å². The number of aliphatic hydroxyl groups is 1. The molecule has 0 saturated heterocycles. The quantitative estimate of drug-likeness (QED) is 0.632. The molecule has 3 rings (SSSR count). The molecule has 3 N–H and O–H groups in total. The molecule has 2 aromatic heterocycles. The number of hydrogen-bond acceptors (Lipinski definition) is 4. The number of benzene rings is 1. The summed E-state index contributed by atoms with van der Waals surface area (Å²) in [7, 11) is -4.05. The van der Waals surface area contributed by atoms with Gasteiger partial charge in [-0.3, -0.25) is 4.72 Å². The average molecular weight is 382 g/mol. The Hall–Kier alpha value is -2.42. The molecule has 0 atom stereocenters. The van der Waals surface area contributed by atoms with Crippen LogP contribution in [0.5, 0.6) is 0 Å². The van der Waals surface area contributed by atoms with Crippen LogP contribution >= 0.6 is 11.6 Å². The first-order chi connectivity index (χ1) is 11.8. The van der Waals surface area contributed by atoms with Crippen LogP contribution in [0.3, 0.4) is 0 Å². The Bertz CT molecular complexity index is 1080. The zero-order chi connectivity index (χ0) is 18.2. The Morgan fingerprint density at radius 2 is 2.12 bits per heavy atom. The Labute approximate surface area is 148 Å². The Morgan fingerprint density at radius 1 is 1.36 bits per heavy atom. The molecule has 0 saturated carbocycles. The number of fused-ring (bicyclic) bond motifs is 1. The van der Waals surface area contributed by atoms with Gasteiger partial charge in [-0.2, -0.15) is 0 Å². The molecule has 3 aromatic rings. The lowest BCUT2D eigenvalue weighted by Crippen LogP contribution is -2.13. The average Bonchev–Trinajstić information content (AvgIpc) is 3.00. The summed E-state index contributed by atoms with van der Waals surface area (Å²) in [6.07, 6.45) is 1.26. The summed E-state index contributed by atoms with van der Waals surface area (Å²) < 4.78 is 41.2. The number of nitrogens with zero attached hydrogens (tertiary/aromatic N) is 1. The van der Waals surface area contributed by atoms with Crippen molar-refractivity contribution in [2.24, 2.45) is 0 Å². The standard InChI is InChI=1S/C16H13ClFN3O3S/c1-9(8-22)13-5-3-11-15(7-19-16(11)20-13)25(23,24)21-14-4-2-10(17)6-12(14)18/h2-7,21-22H,1,8H2,(H,19,20). The van der Waals surface area contributed by atoms with Gasteiger partial charge >= 0.3 is 0 Å². The van der Waals surface area contributed by atoms with Crippen molar-refractivity contribution in [3.05, 3.63) is 59.6 Å². The highest BCUT2D eigenvalue weighted by molar-refractivity contribution is 7.93. The Balaban J connectivity index is 2.01. The van der Waals surface area contributed by atoms with Crippen molar-refractivity contribution in [2.45, 2.75) is 4.90 Å². The predicted octanol–water partition coefficient (Wildman–Crippen LogP) is 3.16. The van der Waals surface area contributed by atoms with E-state index in [9.17, 15) is 12.8 Å². The Kier molecular flexibility index (Phi) is 4.51. The van der Waals surface area contributed by atoms with Crippen LogP contribution in [0.2, 0.25) is 5.02 Å². The summed E-state index contributed by atoms with van der Waals surface area (Å²) >= 11 is 5.66. The number of rotatable bonds is 5. The second-order valence-corrected chi connectivity index (χ2v) is 7.32. The first-order valence-electron chi connectivity index (χ1n) is 7.07. The van der Waals surface area contributed by atoms with Gasteiger partial charge < -0.3 is 10.1 Å². The molecular weight excluding hydrogens is 369 g/mol. The zero-order valence-electron chi connectivity index (χ0n) is 12.8. The number of pyridine rings is 1. The minimum absolute atomic E-state index is 0.0782. The second kappa shape index (κ2) is 6.47. The fraction of sp³-hybridized carbons (Fsp3) is 0.0625. The van der Waals surface area contributed by atoms with Gasteiger partial charge in [-0.15, -0.1) is 0 Å². The molecule has 1 aromatic carbocycles. The summed E-state index contributed by atoms with van der Waals surface area (Å²) in [5.41, 5.74) is 0.945. The highest BCUT2D eigenvalue weighted by Crippen LogP contribution is 2.27. The predicted molar refractivity (Wildman–Crippen MR) is 94.4 cm³/mol. The first kappa shape index (κ1) is 17.4. The molecule has 0 aliphatic rings. The molecule has 9 heteroatoms. The van der Waals surface area contributed by atoms with Crippen LogP contribution < -0.4 is 4.72 Å². The van der Waals surface area contributed by atoms with E-state index in [-0.39, 0.29) is 22.2 Å². The van der Waals surface area contributed by atoms with E-state index in [1.165, 1.54) is 18.3 Å². The molecular formula is C16H13ClFN3O3S. The Morgan fingerprint density at radius 3 is 2.80 bits per heavy atom. The fourth-order valence-electron chi connectivity index (χ4n) is 2.25. The lowest BCUT2D eigenvalue weighted by atomic mass is 10.2. The van der Waals surface area contributed by atoms with Crippen molar-refractivity contribution < 1.29 is 17.9 Å². The van der Waals surface area contributed by atoms with Gasteiger partial charge in [0.15, 0.2) is 0 Å². The largest absolute Gasteiger partial charge is 0.392 e. The van der Waals surface area contributed by atoms with Gasteiger partial charge in [-0.25, -0.2) is 17.8 Å². The molecule has 130 valence electrons. The van der Waals surface area contributed by atoms with Crippen LogP contribution in [0.15, 0.2) is 48.0 Å². The smallest absolute Gasteiger partial charge is 0.264 e. The minimum Gasteiger partial charge on any atom is -0.392 e. The normalized spacial score (nSPS) is 11.6.